The lowest BCUT2D eigenvalue weighted by Gasteiger charge is -2.02. The predicted molar refractivity (Wildman–Crippen MR) is 86.1 cm³/mol. The van der Waals surface area contributed by atoms with Gasteiger partial charge in [0.25, 0.3) is 0 Å². The monoisotopic (exact) mass is 352 g/mol. The quantitative estimate of drug-likeness (QED) is 0.689. The van der Waals surface area contributed by atoms with Gasteiger partial charge in [0.2, 0.25) is 0 Å². The van der Waals surface area contributed by atoms with Crippen LogP contribution in [0.15, 0.2) is 46.9 Å². The second-order valence-electron chi connectivity index (χ2n) is 4.09. The lowest BCUT2D eigenvalue weighted by molar-refractivity contribution is 1.14. The molecule has 2 aromatic carbocycles. The Kier molecular flexibility index (Phi) is 3.73. The Bertz CT molecular complexity index is 726. The average Bonchev–Trinajstić information content (AvgIpc) is 2.81. The third-order valence-corrected chi connectivity index (χ3v) is 4.68. The molecule has 2 nitrogen and oxygen atoms in total. The number of hydrogen-bond donors (Lipinski definition) is 1. The molecule has 19 heavy (non-hydrogen) atoms. The lowest BCUT2D eigenvalue weighted by atomic mass is 10.2. The molecule has 0 unspecified atom stereocenters. The number of nitrogens with zero attached hydrogens (tertiary/aromatic N) is 1. The Hall–Kier alpha value is -1.10. The number of nitrogens with one attached hydrogen (secondary N) is 1. The van der Waals surface area contributed by atoms with Gasteiger partial charge in [-0.15, -0.1) is 0 Å². The van der Waals surface area contributed by atoms with E-state index in [9.17, 15) is 0 Å². The highest BCUT2D eigenvalue weighted by Crippen LogP contribution is 2.31. The van der Waals surface area contributed by atoms with Gasteiger partial charge in [0.1, 0.15) is 0 Å². The number of benzene rings is 2. The maximum absolute atomic E-state index is 6.14. The summed E-state index contributed by atoms with van der Waals surface area (Å²) >= 11 is 11.2. The van der Waals surface area contributed by atoms with Crippen molar-refractivity contribution in [1.82, 2.24) is 4.98 Å². The zero-order valence-electron chi connectivity index (χ0n) is 9.86. The molecular weight excluding hydrogens is 344 g/mol. The fraction of sp³-hybridized carbons (Fsp3) is 0.0714. The van der Waals surface area contributed by atoms with E-state index in [1.54, 1.807) is 11.3 Å². The highest BCUT2D eigenvalue weighted by Gasteiger charge is 2.06. The molecule has 0 aliphatic heterocycles. The molecule has 0 fully saturated rings. The van der Waals surface area contributed by atoms with Gasteiger partial charge < -0.3 is 5.32 Å². The van der Waals surface area contributed by atoms with Gasteiger partial charge in [-0.1, -0.05) is 57.1 Å². The summed E-state index contributed by atoms with van der Waals surface area (Å²) in [4.78, 5) is 4.52. The zero-order chi connectivity index (χ0) is 13.2. The summed E-state index contributed by atoms with van der Waals surface area (Å²) in [6.45, 7) is 0.747. The molecule has 1 aromatic heterocycles. The number of thiazole rings is 1. The molecule has 0 aliphatic rings. The van der Waals surface area contributed by atoms with Gasteiger partial charge >= 0.3 is 0 Å². The van der Waals surface area contributed by atoms with Gasteiger partial charge in [0.15, 0.2) is 5.13 Å². The van der Waals surface area contributed by atoms with Crippen LogP contribution in [0.2, 0.25) is 5.02 Å². The van der Waals surface area contributed by atoms with Crippen molar-refractivity contribution < 1.29 is 0 Å². The Labute approximate surface area is 128 Å². The molecule has 0 atom stereocenters. The van der Waals surface area contributed by atoms with Gasteiger partial charge in [0.05, 0.1) is 15.2 Å². The summed E-state index contributed by atoms with van der Waals surface area (Å²) < 4.78 is 2.11. The third kappa shape index (κ3) is 2.91. The van der Waals surface area contributed by atoms with E-state index in [1.807, 2.05) is 30.3 Å². The number of hydrogen-bond acceptors (Lipinski definition) is 3. The van der Waals surface area contributed by atoms with Gasteiger partial charge in [0, 0.05) is 11.0 Å². The van der Waals surface area contributed by atoms with E-state index < -0.39 is 0 Å². The van der Waals surface area contributed by atoms with Crippen LogP contribution in [0, 0.1) is 0 Å². The molecule has 0 amide bonds. The molecule has 0 bridgehead atoms. The Morgan fingerprint density at radius 3 is 2.84 bits per heavy atom. The first-order chi connectivity index (χ1) is 9.22. The first-order valence-electron chi connectivity index (χ1n) is 5.76. The van der Waals surface area contributed by atoms with Crippen molar-refractivity contribution in [2.24, 2.45) is 0 Å². The second kappa shape index (κ2) is 5.49. The van der Waals surface area contributed by atoms with E-state index in [0.717, 1.165) is 31.4 Å². The predicted octanol–water partition coefficient (Wildman–Crippen LogP) is 5.32. The summed E-state index contributed by atoms with van der Waals surface area (Å²) in [5, 5.41) is 4.98. The molecule has 0 aliphatic carbocycles. The SMILES string of the molecule is Clc1cccc2nc(NCc3cccc(Br)c3)sc12. The van der Waals surface area contributed by atoms with Crippen LogP contribution < -0.4 is 5.32 Å². The van der Waals surface area contributed by atoms with Crippen LogP contribution >= 0.6 is 38.9 Å². The van der Waals surface area contributed by atoms with Crippen molar-refractivity contribution in [1.29, 1.82) is 0 Å². The Balaban J connectivity index is 1.80. The first kappa shape index (κ1) is 12.9. The van der Waals surface area contributed by atoms with Crippen LogP contribution in [0.1, 0.15) is 5.56 Å². The molecule has 0 radical (unpaired) electrons. The van der Waals surface area contributed by atoms with Crippen molar-refractivity contribution in [2.45, 2.75) is 6.54 Å². The van der Waals surface area contributed by atoms with Crippen molar-refractivity contribution in [2.75, 3.05) is 5.32 Å². The second-order valence-corrected chi connectivity index (χ2v) is 6.41. The Morgan fingerprint density at radius 2 is 2.05 bits per heavy atom. The highest BCUT2D eigenvalue weighted by atomic mass is 79.9. The van der Waals surface area contributed by atoms with Crippen molar-refractivity contribution in [3.63, 3.8) is 0 Å². The highest BCUT2D eigenvalue weighted by molar-refractivity contribution is 9.10. The van der Waals surface area contributed by atoms with Crippen molar-refractivity contribution >= 4 is 54.2 Å². The molecule has 0 saturated heterocycles. The lowest BCUT2D eigenvalue weighted by Crippen LogP contribution is -1.98. The van der Waals surface area contributed by atoms with E-state index in [2.05, 4.69) is 38.4 Å². The minimum atomic E-state index is 0.747. The molecule has 3 aromatic rings. The van der Waals surface area contributed by atoms with Crippen LogP contribution in [0.3, 0.4) is 0 Å². The van der Waals surface area contributed by atoms with E-state index >= 15 is 0 Å². The largest absolute Gasteiger partial charge is 0.357 e. The molecule has 96 valence electrons. The van der Waals surface area contributed by atoms with Gasteiger partial charge in [-0.3, -0.25) is 0 Å². The Morgan fingerprint density at radius 1 is 1.21 bits per heavy atom. The molecule has 5 heteroatoms. The third-order valence-electron chi connectivity index (χ3n) is 2.70. The zero-order valence-corrected chi connectivity index (χ0v) is 13.0. The van der Waals surface area contributed by atoms with Crippen LogP contribution in [0.25, 0.3) is 10.2 Å². The van der Waals surface area contributed by atoms with Crippen LogP contribution in [0.4, 0.5) is 5.13 Å². The molecule has 3 rings (SSSR count). The topological polar surface area (TPSA) is 24.9 Å². The van der Waals surface area contributed by atoms with Gasteiger partial charge in [-0.25, -0.2) is 4.98 Å². The number of halogens is 2. The van der Waals surface area contributed by atoms with Crippen LogP contribution in [-0.4, -0.2) is 4.98 Å². The molecular formula is C14H10BrClN2S. The number of rotatable bonds is 3. The summed E-state index contributed by atoms with van der Waals surface area (Å²) in [6, 6.07) is 14.0. The summed E-state index contributed by atoms with van der Waals surface area (Å²) in [6.07, 6.45) is 0. The minimum absolute atomic E-state index is 0.747. The van der Waals surface area contributed by atoms with E-state index in [4.69, 9.17) is 11.6 Å². The standard InChI is InChI=1S/C14H10BrClN2S/c15-10-4-1-3-9(7-10)8-17-14-18-12-6-2-5-11(16)13(12)19-14/h1-7H,8H2,(H,17,18). The molecule has 0 saturated carbocycles. The molecule has 1 N–H and O–H groups in total. The number of fused-ring (bicyclic) bond motifs is 1. The summed E-state index contributed by atoms with van der Waals surface area (Å²) in [5.74, 6) is 0. The van der Waals surface area contributed by atoms with Gasteiger partial charge in [-0.05, 0) is 29.8 Å². The van der Waals surface area contributed by atoms with Crippen LogP contribution in [-0.2, 0) is 6.54 Å². The summed E-state index contributed by atoms with van der Waals surface area (Å²) in [7, 11) is 0. The number of aromatic nitrogens is 1. The van der Waals surface area contributed by atoms with E-state index in [0.29, 0.717) is 0 Å². The van der Waals surface area contributed by atoms with Gasteiger partial charge in [-0.2, -0.15) is 0 Å². The maximum atomic E-state index is 6.14. The molecule has 0 spiro atoms. The summed E-state index contributed by atoms with van der Waals surface area (Å²) in [5.41, 5.74) is 2.15. The van der Waals surface area contributed by atoms with Crippen LogP contribution in [0.5, 0.6) is 0 Å². The average molecular weight is 354 g/mol. The first-order valence-corrected chi connectivity index (χ1v) is 7.74. The fourth-order valence-corrected chi connectivity index (χ4v) is 3.41. The fourth-order valence-electron chi connectivity index (χ4n) is 1.82. The molecule has 1 heterocycles. The van der Waals surface area contributed by atoms with E-state index in [1.165, 1.54) is 5.56 Å². The number of anilines is 1. The normalized spacial score (nSPS) is 10.8. The minimum Gasteiger partial charge on any atom is -0.357 e. The van der Waals surface area contributed by atoms with Crippen molar-refractivity contribution in [3.8, 4) is 0 Å². The smallest absolute Gasteiger partial charge is 0.184 e. The maximum Gasteiger partial charge on any atom is 0.184 e. The van der Waals surface area contributed by atoms with Crippen molar-refractivity contribution in [3.05, 3.63) is 57.5 Å². The van der Waals surface area contributed by atoms with E-state index in [-0.39, 0.29) is 0 Å².